The first-order valence-corrected chi connectivity index (χ1v) is 9.30. The predicted octanol–water partition coefficient (Wildman–Crippen LogP) is 2.45. The van der Waals surface area contributed by atoms with Crippen LogP contribution in [0.4, 0.5) is 0 Å². The maximum absolute atomic E-state index is 12.4. The van der Waals surface area contributed by atoms with E-state index in [9.17, 15) is 4.79 Å². The Kier molecular flexibility index (Phi) is 5.97. The number of rotatable bonds is 6. The monoisotopic (exact) mass is 346 g/mol. The standard InChI is InChI=1S/C20H30N2O3/c1-20(9-12-25-15-20)19(23)21-13-16-7-10-22(11-8-16)14-17-3-5-18(24-2)6-4-17/h3-6,16H,7-15H2,1-2H3,(H,21,23). The van der Waals surface area contributed by atoms with Crippen LogP contribution in [0.1, 0.15) is 31.7 Å². The van der Waals surface area contributed by atoms with E-state index in [1.165, 1.54) is 5.56 Å². The molecule has 1 aromatic rings. The second kappa shape index (κ2) is 8.19. The van der Waals surface area contributed by atoms with Crippen LogP contribution in [0.5, 0.6) is 5.75 Å². The van der Waals surface area contributed by atoms with Gasteiger partial charge in [-0.3, -0.25) is 9.69 Å². The Hall–Kier alpha value is -1.59. The Balaban J connectivity index is 1.38. The Bertz CT molecular complexity index is 559. The molecule has 1 atom stereocenters. The summed E-state index contributed by atoms with van der Waals surface area (Å²) >= 11 is 0. The molecule has 0 radical (unpaired) electrons. The van der Waals surface area contributed by atoms with Crippen molar-refractivity contribution in [2.24, 2.45) is 11.3 Å². The molecule has 138 valence electrons. The number of amides is 1. The summed E-state index contributed by atoms with van der Waals surface area (Å²) in [5.41, 5.74) is 0.997. The number of benzene rings is 1. The minimum absolute atomic E-state index is 0.158. The van der Waals surface area contributed by atoms with Crippen molar-refractivity contribution in [1.29, 1.82) is 0 Å². The molecule has 1 aromatic carbocycles. The summed E-state index contributed by atoms with van der Waals surface area (Å²) in [5, 5.41) is 3.16. The van der Waals surface area contributed by atoms with Gasteiger partial charge in [-0.05, 0) is 62.9 Å². The molecule has 5 heteroatoms. The molecule has 1 unspecified atom stereocenters. The highest BCUT2D eigenvalue weighted by atomic mass is 16.5. The van der Waals surface area contributed by atoms with E-state index in [1.807, 2.05) is 19.1 Å². The van der Waals surface area contributed by atoms with E-state index >= 15 is 0 Å². The molecular formula is C20H30N2O3. The van der Waals surface area contributed by atoms with E-state index < -0.39 is 0 Å². The van der Waals surface area contributed by atoms with Crippen LogP contribution in [-0.2, 0) is 16.1 Å². The van der Waals surface area contributed by atoms with Crippen LogP contribution in [0.3, 0.4) is 0 Å². The zero-order valence-corrected chi connectivity index (χ0v) is 15.4. The lowest BCUT2D eigenvalue weighted by atomic mass is 9.88. The largest absolute Gasteiger partial charge is 0.497 e. The quantitative estimate of drug-likeness (QED) is 0.860. The molecule has 2 saturated heterocycles. The number of carbonyl (C=O) groups excluding carboxylic acids is 1. The summed E-state index contributed by atoms with van der Waals surface area (Å²) in [6.45, 7) is 7.22. The molecule has 0 spiro atoms. The molecule has 1 N–H and O–H groups in total. The number of ether oxygens (including phenoxy) is 2. The van der Waals surface area contributed by atoms with Crippen LogP contribution in [0.25, 0.3) is 0 Å². The normalized spacial score (nSPS) is 25.0. The van der Waals surface area contributed by atoms with E-state index in [4.69, 9.17) is 9.47 Å². The van der Waals surface area contributed by atoms with Crippen LogP contribution >= 0.6 is 0 Å². The van der Waals surface area contributed by atoms with Crippen molar-refractivity contribution in [3.63, 3.8) is 0 Å². The number of carbonyl (C=O) groups is 1. The molecule has 2 heterocycles. The SMILES string of the molecule is COc1ccc(CN2CCC(CNC(=O)C3(C)CCOC3)CC2)cc1. The summed E-state index contributed by atoms with van der Waals surface area (Å²) in [6.07, 6.45) is 3.12. The molecule has 2 aliphatic heterocycles. The van der Waals surface area contributed by atoms with Gasteiger partial charge in [0, 0.05) is 19.7 Å². The summed E-state index contributed by atoms with van der Waals surface area (Å²) < 4.78 is 10.6. The molecule has 0 saturated carbocycles. The molecule has 0 aromatic heterocycles. The minimum Gasteiger partial charge on any atom is -0.497 e. The second-order valence-electron chi connectivity index (χ2n) is 7.64. The van der Waals surface area contributed by atoms with Gasteiger partial charge in [-0.2, -0.15) is 0 Å². The Morgan fingerprint density at radius 1 is 1.32 bits per heavy atom. The Labute approximate surface area is 150 Å². The smallest absolute Gasteiger partial charge is 0.228 e. The van der Waals surface area contributed by atoms with Gasteiger partial charge in [-0.1, -0.05) is 12.1 Å². The average Bonchev–Trinajstić information content (AvgIpc) is 3.09. The molecule has 3 rings (SSSR count). The van der Waals surface area contributed by atoms with Gasteiger partial charge in [-0.25, -0.2) is 0 Å². The Morgan fingerprint density at radius 2 is 2.04 bits per heavy atom. The second-order valence-corrected chi connectivity index (χ2v) is 7.64. The van der Waals surface area contributed by atoms with Crippen molar-refractivity contribution in [3.05, 3.63) is 29.8 Å². The molecular weight excluding hydrogens is 316 g/mol. The third-order valence-electron chi connectivity index (χ3n) is 5.59. The fourth-order valence-electron chi connectivity index (χ4n) is 3.63. The lowest BCUT2D eigenvalue weighted by molar-refractivity contribution is -0.130. The van der Waals surface area contributed by atoms with E-state index in [-0.39, 0.29) is 11.3 Å². The van der Waals surface area contributed by atoms with Crippen molar-refractivity contribution in [2.45, 2.75) is 32.7 Å². The van der Waals surface area contributed by atoms with Crippen LogP contribution < -0.4 is 10.1 Å². The van der Waals surface area contributed by atoms with Crippen molar-refractivity contribution in [1.82, 2.24) is 10.2 Å². The molecule has 0 aliphatic carbocycles. The van der Waals surface area contributed by atoms with Crippen LogP contribution in [-0.4, -0.2) is 50.8 Å². The van der Waals surface area contributed by atoms with Gasteiger partial charge in [-0.15, -0.1) is 0 Å². The first kappa shape index (κ1) is 18.2. The van der Waals surface area contributed by atoms with E-state index in [2.05, 4.69) is 22.3 Å². The highest BCUT2D eigenvalue weighted by molar-refractivity contribution is 5.82. The minimum atomic E-state index is -0.324. The zero-order chi connectivity index (χ0) is 17.7. The molecule has 2 fully saturated rings. The van der Waals surface area contributed by atoms with E-state index in [0.717, 1.165) is 51.2 Å². The topological polar surface area (TPSA) is 50.8 Å². The maximum Gasteiger partial charge on any atom is 0.228 e. The summed E-state index contributed by atoms with van der Waals surface area (Å²) in [4.78, 5) is 14.8. The van der Waals surface area contributed by atoms with Crippen molar-refractivity contribution >= 4 is 5.91 Å². The maximum atomic E-state index is 12.4. The number of hydrogen-bond donors (Lipinski definition) is 1. The van der Waals surface area contributed by atoms with Gasteiger partial charge < -0.3 is 14.8 Å². The molecule has 5 nitrogen and oxygen atoms in total. The molecule has 1 amide bonds. The fourth-order valence-corrected chi connectivity index (χ4v) is 3.63. The van der Waals surface area contributed by atoms with Gasteiger partial charge in [0.15, 0.2) is 0 Å². The van der Waals surface area contributed by atoms with Gasteiger partial charge in [0.25, 0.3) is 0 Å². The van der Waals surface area contributed by atoms with Gasteiger partial charge >= 0.3 is 0 Å². The number of likely N-dealkylation sites (tertiary alicyclic amines) is 1. The van der Waals surface area contributed by atoms with Crippen molar-refractivity contribution in [3.8, 4) is 5.75 Å². The third-order valence-corrected chi connectivity index (χ3v) is 5.59. The highest BCUT2D eigenvalue weighted by Gasteiger charge is 2.37. The average molecular weight is 346 g/mol. The third kappa shape index (κ3) is 4.73. The van der Waals surface area contributed by atoms with E-state index in [0.29, 0.717) is 19.1 Å². The van der Waals surface area contributed by atoms with E-state index in [1.54, 1.807) is 7.11 Å². The highest BCUT2D eigenvalue weighted by Crippen LogP contribution is 2.28. The number of piperidine rings is 1. The summed E-state index contributed by atoms with van der Waals surface area (Å²) in [7, 11) is 1.69. The van der Waals surface area contributed by atoms with Crippen molar-refractivity contribution < 1.29 is 14.3 Å². The first-order valence-electron chi connectivity index (χ1n) is 9.30. The molecule has 2 aliphatic rings. The van der Waals surface area contributed by atoms with Crippen molar-refractivity contribution in [2.75, 3.05) is 40.0 Å². The number of methoxy groups -OCH3 is 1. The van der Waals surface area contributed by atoms with Crippen LogP contribution in [0.2, 0.25) is 0 Å². The van der Waals surface area contributed by atoms with Crippen LogP contribution in [0.15, 0.2) is 24.3 Å². The fraction of sp³-hybridized carbons (Fsp3) is 0.650. The summed E-state index contributed by atoms with van der Waals surface area (Å²) in [5.74, 6) is 1.65. The summed E-state index contributed by atoms with van der Waals surface area (Å²) in [6, 6.07) is 8.31. The number of hydrogen-bond acceptors (Lipinski definition) is 4. The lowest BCUT2D eigenvalue weighted by Gasteiger charge is -2.32. The number of nitrogens with one attached hydrogen (secondary N) is 1. The predicted molar refractivity (Wildman–Crippen MR) is 97.5 cm³/mol. The van der Waals surface area contributed by atoms with Gasteiger partial charge in [0.2, 0.25) is 5.91 Å². The first-order chi connectivity index (χ1) is 12.1. The van der Waals surface area contributed by atoms with Crippen LogP contribution in [0, 0.1) is 11.3 Å². The zero-order valence-electron chi connectivity index (χ0n) is 15.4. The number of nitrogens with zero attached hydrogens (tertiary/aromatic N) is 1. The Morgan fingerprint density at radius 3 is 2.64 bits per heavy atom. The lowest BCUT2D eigenvalue weighted by Crippen LogP contribution is -2.43. The molecule has 0 bridgehead atoms. The molecule has 25 heavy (non-hydrogen) atoms. The van der Waals surface area contributed by atoms with Gasteiger partial charge in [0.05, 0.1) is 19.1 Å². The van der Waals surface area contributed by atoms with Gasteiger partial charge in [0.1, 0.15) is 5.75 Å².